The van der Waals surface area contributed by atoms with Crippen molar-refractivity contribution in [3.63, 3.8) is 0 Å². The summed E-state index contributed by atoms with van der Waals surface area (Å²) in [5, 5.41) is 12.9. The monoisotopic (exact) mass is 528 g/mol. The predicted octanol–water partition coefficient (Wildman–Crippen LogP) is 7.43. The molecule has 0 bridgehead atoms. The fourth-order valence-corrected chi connectivity index (χ4v) is 11.2. The zero-order valence-corrected chi connectivity index (χ0v) is 23.3. The average molecular weight is 529 g/mol. The van der Waals surface area contributed by atoms with E-state index in [1.54, 1.807) is 5.82 Å². The molecule has 5 aliphatic rings. The number of hydrogen-bond donors (Lipinski definition) is 1. The van der Waals surface area contributed by atoms with E-state index in [0.717, 1.165) is 49.7 Å². The molecule has 0 amide bonds. The van der Waals surface area contributed by atoms with Crippen molar-refractivity contribution in [1.82, 2.24) is 0 Å². The number of benzene rings is 2. The Kier molecular flexibility index (Phi) is 5.37. The smallest absolute Gasteiger partial charge is 0.300 e. The number of para-hydroxylation sites is 1. The third-order valence-corrected chi connectivity index (χ3v) is 13.4. The molecule has 0 saturated heterocycles. The second kappa shape index (κ2) is 8.29. The molecule has 3 fully saturated rings. The minimum absolute atomic E-state index is 0.117. The third kappa shape index (κ3) is 3.32. The Hall–Kier alpha value is -2.42. The van der Waals surface area contributed by atoms with Crippen LogP contribution >= 0.6 is 7.37 Å². The Balaban J connectivity index is 1.21. The minimum atomic E-state index is -3.35. The molecule has 0 aromatic heterocycles. The molecule has 198 valence electrons. The lowest BCUT2D eigenvalue weighted by Gasteiger charge is -2.59. The van der Waals surface area contributed by atoms with Gasteiger partial charge in [-0.15, -0.1) is 0 Å². The standard InChI is InChI=1S/C33H37O4P/c1-31-16-13-23(34)21-22(31)11-12-26-27(31)14-17-32(2)28(26)15-18-33(32,35)19-20-38(36)30-10-6-4-8-25(30)24-7-3-5-9-29(24)37-38/h3-10,19-21,26-28,35H,11-18H2,1-2H3/b20-19+/t26-,27+,28+,31+,32+,33-,38?/m1/s1. The van der Waals surface area contributed by atoms with Gasteiger partial charge in [-0.25, -0.2) is 0 Å². The van der Waals surface area contributed by atoms with Crippen LogP contribution in [-0.4, -0.2) is 16.5 Å². The number of carbonyl (C=O) groups excluding carboxylic acids is 1. The summed E-state index contributed by atoms with van der Waals surface area (Å²) in [6.07, 6.45) is 11.2. The molecule has 0 spiro atoms. The highest BCUT2D eigenvalue weighted by molar-refractivity contribution is 7.70. The maximum Gasteiger partial charge on any atom is 0.300 e. The van der Waals surface area contributed by atoms with Crippen LogP contribution < -0.4 is 9.83 Å². The van der Waals surface area contributed by atoms with Crippen molar-refractivity contribution in [1.29, 1.82) is 0 Å². The van der Waals surface area contributed by atoms with Gasteiger partial charge in [-0.2, -0.15) is 0 Å². The van der Waals surface area contributed by atoms with Crippen molar-refractivity contribution < 1.29 is 19.0 Å². The summed E-state index contributed by atoms with van der Waals surface area (Å²) >= 11 is 0. The molecular weight excluding hydrogens is 491 g/mol. The highest BCUT2D eigenvalue weighted by atomic mass is 31.2. The van der Waals surface area contributed by atoms with Crippen LogP contribution in [0.4, 0.5) is 0 Å². The number of hydrogen-bond acceptors (Lipinski definition) is 4. The lowest BCUT2D eigenvalue weighted by atomic mass is 9.46. The van der Waals surface area contributed by atoms with E-state index in [9.17, 15) is 14.5 Å². The summed E-state index contributed by atoms with van der Waals surface area (Å²) in [6.45, 7) is 4.66. The van der Waals surface area contributed by atoms with E-state index >= 15 is 0 Å². The number of rotatable bonds is 2. The zero-order chi connectivity index (χ0) is 26.3. The van der Waals surface area contributed by atoms with Crippen molar-refractivity contribution >= 4 is 18.5 Å². The minimum Gasteiger partial charge on any atom is -0.437 e. The van der Waals surface area contributed by atoms with E-state index in [0.29, 0.717) is 47.4 Å². The number of allylic oxidation sites excluding steroid dienone is 1. The maximum atomic E-state index is 14.4. The Morgan fingerprint density at radius 3 is 2.50 bits per heavy atom. The van der Waals surface area contributed by atoms with E-state index in [1.165, 1.54) is 5.57 Å². The first-order chi connectivity index (χ1) is 18.2. The number of aliphatic hydroxyl groups is 1. The number of fused-ring (bicyclic) bond motifs is 8. The predicted molar refractivity (Wildman–Crippen MR) is 151 cm³/mol. The van der Waals surface area contributed by atoms with E-state index in [-0.39, 0.29) is 10.8 Å². The molecule has 5 heteroatoms. The zero-order valence-electron chi connectivity index (χ0n) is 22.4. The van der Waals surface area contributed by atoms with Crippen molar-refractivity contribution in [3.8, 4) is 16.9 Å². The molecule has 4 nitrogen and oxygen atoms in total. The second-order valence-corrected chi connectivity index (χ2v) is 15.1. The summed E-state index contributed by atoms with van der Waals surface area (Å²) in [4.78, 5) is 12.2. The van der Waals surface area contributed by atoms with Gasteiger partial charge < -0.3 is 9.63 Å². The molecule has 7 atom stereocenters. The molecule has 3 saturated carbocycles. The summed E-state index contributed by atoms with van der Waals surface area (Å²) in [7, 11) is -3.35. The first kappa shape index (κ1) is 24.6. The topological polar surface area (TPSA) is 63.6 Å². The molecule has 38 heavy (non-hydrogen) atoms. The molecular formula is C33H37O4P. The quantitative estimate of drug-likeness (QED) is 0.412. The SMILES string of the molecule is C[C@]12CCC(=O)C=C1CC[C@@H]1[C@@H]2CC[C@@]2(C)[C@H]1CC[C@@]2(O)/C=C/P1(=O)Oc2ccccc2-c2ccccc21. The molecule has 2 aromatic carbocycles. The van der Waals surface area contributed by atoms with Crippen LogP contribution in [0.15, 0.2) is 72.1 Å². The van der Waals surface area contributed by atoms with Gasteiger partial charge in [-0.3, -0.25) is 9.36 Å². The van der Waals surface area contributed by atoms with E-state index in [1.807, 2.05) is 60.7 Å². The summed E-state index contributed by atoms with van der Waals surface area (Å²) in [5.41, 5.74) is 2.10. The number of carbonyl (C=O) groups is 1. The molecule has 1 unspecified atom stereocenters. The average Bonchev–Trinajstić information content (AvgIpc) is 3.19. The van der Waals surface area contributed by atoms with Crippen LogP contribution in [0.2, 0.25) is 0 Å². The van der Waals surface area contributed by atoms with Crippen molar-refractivity contribution in [3.05, 3.63) is 72.1 Å². The lowest BCUT2D eigenvalue weighted by molar-refractivity contribution is -0.120. The molecule has 1 heterocycles. The van der Waals surface area contributed by atoms with E-state index in [4.69, 9.17) is 4.52 Å². The fraction of sp³-hybridized carbons (Fsp3) is 0.485. The summed E-state index contributed by atoms with van der Waals surface area (Å²) in [6, 6.07) is 15.5. The van der Waals surface area contributed by atoms with Gasteiger partial charge in [0.25, 0.3) is 7.37 Å². The van der Waals surface area contributed by atoms with Crippen molar-refractivity contribution in [2.75, 3.05) is 0 Å². The van der Waals surface area contributed by atoms with Gasteiger partial charge in [0.1, 0.15) is 5.75 Å². The van der Waals surface area contributed by atoms with Crippen LogP contribution in [0.25, 0.3) is 11.1 Å². The molecule has 7 rings (SSSR count). The fourth-order valence-electron chi connectivity index (χ4n) is 9.15. The normalized spacial score (nSPS) is 41.3. The van der Waals surface area contributed by atoms with Crippen LogP contribution in [0.1, 0.15) is 65.2 Å². The highest BCUT2D eigenvalue weighted by Gasteiger charge is 2.63. The van der Waals surface area contributed by atoms with Crippen LogP contribution in [-0.2, 0) is 9.36 Å². The summed E-state index contributed by atoms with van der Waals surface area (Å²) < 4.78 is 20.6. The maximum absolute atomic E-state index is 14.4. The molecule has 4 aliphatic carbocycles. The second-order valence-electron chi connectivity index (χ2n) is 12.9. The first-order valence-electron chi connectivity index (χ1n) is 14.3. The van der Waals surface area contributed by atoms with Crippen molar-refractivity contribution in [2.24, 2.45) is 28.6 Å². The van der Waals surface area contributed by atoms with Gasteiger partial charge >= 0.3 is 0 Å². The Morgan fingerprint density at radius 2 is 1.66 bits per heavy atom. The van der Waals surface area contributed by atoms with Gasteiger partial charge in [-0.1, -0.05) is 55.8 Å². The Morgan fingerprint density at radius 1 is 0.921 bits per heavy atom. The largest absolute Gasteiger partial charge is 0.437 e. The van der Waals surface area contributed by atoms with Gasteiger partial charge in [0, 0.05) is 23.2 Å². The van der Waals surface area contributed by atoms with Gasteiger partial charge in [0.2, 0.25) is 0 Å². The van der Waals surface area contributed by atoms with Crippen LogP contribution in [0, 0.1) is 28.6 Å². The van der Waals surface area contributed by atoms with Crippen molar-refractivity contribution in [2.45, 2.75) is 70.8 Å². The molecule has 1 N–H and O–H groups in total. The third-order valence-electron chi connectivity index (χ3n) is 11.4. The Bertz CT molecular complexity index is 1440. The van der Waals surface area contributed by atoms with E-state index < -0.39 is 13.0 Å². The molecule has 2 aromatic rings. The lowest BCUT2D eigenvalue weighted by Crippen LogP contribution is -2.54. The van der Waals surface area contributed by atoms with Gasteiger partial charge in [0.15, 0.2) is 5.78 Å². The van der Waals surface area contributed by atoms with Crippen LogP contribution in [0.5, 0.6) is 5.75 Å². The molecule has 0 radical (unpaired) electrons. The van der Waals surface area contributed by atoms with Gasteiger partial charge in [0.05, 0.1) is 10.9 Å². The summed E-state index contributed by atoms with van der Waals surface area (Å²) in [5.74, 6) is 4.18. The highest BCUT2D eigenvalue weighted by Crippen LogP contribution is 2.68. The van der Waals surface area contributed by atoms with Gasteiger partial charge in [-0.05, 0) is 98.0 Å². The number of ketones is 1. The van der Waals surface area contributed by atoms with Crippen LogP contribution in [0.3, 0.4) is 0 Å². The first-order valence-corrected chi connectivity index (χ1v) is 16.0. The molecule has 1 aliphatic heterocycles. The van der Waals surface area contributed by atoms with E-state index in [2.05, 4.69) is 13.8 Å². The Labute approximate surface area is 225 Å².